The van der Waals surface area contributed by atoms with Crippen LogP contribution in [0.4, 0.5) is 5.69 Å². The molecule has 2 aliphatic heterocycles. The number of nitrogens with zero attached hydrogens (tertiary/aromatic N) is 4. The normalized spacial score (nSPS) is 18.7. The second-order valence-corrected chi connectivity index (χ2v) is 9.70. The van der Waals surface area contributed by atoms with E-state index in [2.05, 4.69) is 20.4 Å². The fraction of sp³-hybridized carbons (Fsp3) is 0.480. The van der Waals surface area contributed by atoms with Crippen LogP contribution < -0.4 is 5.32 Å². The van der Waals surface area contributed by atoms with Crippen LogP contribution in [-0.2, 0) is 15.9 Å². The van der Waals surface area contributed by atoms with Gasteiger partial charge in [0.1, 0.15) is 10.7 Å². The van der Waals surface area contributed by atoms with Crippen LogP contribution in [-0.4, -0.2) is 57.9 Å². The van der Waals surface area contributed by atoms with E-state index in [1.807, 2.05) is 16.8 Å². The van der Waals surface area contributed by atoms with Gasteiger partial charge in [-0.1, -0.05) is 0 Å². The summed E-state index contributed by atoms with van der Waals surface area (Å²) in [6.07, 6.45) is 8.72. The zero-order valence-electron chi connectivity index (χ0n) is 19.6. The standard InChI is InChI=1S/C25H29N5O4S/c31-22-5-1-2-10-33-11-3-4-18-14-17(6-9-26-18)25-28-21(16-35-25)24(32)27-20-15-30(29-23(20)22)19-7-12-34-13-8-19/h6,9,14-16,19H,1-5,7-8,10-13H2,(H,27,32). The molecule has 0 atom stereocenters. The third-order valence-electron chi connectivity index (χ3n) is 6.27. The summed E-state index contributed by atoms with van der Waals surface area (Å²) in [4.78, 5) is 35.2. The van der Waals surface area contributed by atoms with Crippen LogP contribution in [0.25, 0.3) is 10.6 Å². The van der Waals surface area contributed by atoms with Gasteiger partial charge in [-0.05, 0) is 50.7 Å². The minimum atomic E-state index is -0.353. The van der Waals surface area contributed by atoms with Crippen molar-refractivity contribution in [3.8, 4) is 10.6 Å². The molecule has 3 aromatic rings. The fourth-order valence-corrected chi connectivity index (χ4v) is 5.13. The van der Waals surface area contributed by atoms with Crippen LogP contribution in [0.5, 0.6) is 0 Å². The van der Waals surface area contributed by atoms with E-state index < -0.39 is 0 Å². The van der Waals surface area contributed by atoms with Gasteiger partial charge in [-0.2, -0.15) is 5.10 Å². The van der Waals surface area contributed by atoms with Gasteiger partial charge in [-0.15, -0.1) is 11.3 Å². The zero-order chi connectivity index (χ0) is 24.0. The molecule has 4 bridgehead atoms. The second kappa shape index (κ2) is 11.2. The van der Waals surface area contributed by atoms with E-state index in [4.69, 9.17) is 9.47 Å². The molecule has 1 amide bonds. The van der Waals surface area contributed by atoms with Gasteiger partial charge in [-0.3, -0.25) is 19.3 Å². The van der Waals surface area contributed by atoms with E-state index in [0.29, 0.717) is 56.3 Å². The molecule has 35 heavy (non-hydrogen) atoms. The first-order valence-electron chi connectivity index (χ1n) is 12.2. The summed E-state index contributed by atoms with van der Waals surface area (Å²) in [5.41, 5.74) is 2.95. The molecule has 0 spiro atoms. The van der Waals surface area contributed by atoms with Crippen molar-refractivity contribution in [1.29, 1.82) is 0 Å². The van der Waals surface area contributed by atoms with Crippen molar-refractivity contribution in [3.05, 3.63) is 47.0 Å². The summed E-state index contributed by atoms with van der Waals surface area (Å²) >= 11 is 1.41. The molecule has 5 heterocycles. The lowest BCUT2D eigenvalue weighted by Gasteiger charge is -2.22. The number of carbonyl (C=O) groups excluding carboxylic acids is 2. The van der Waals surface area contributed by atoms with Crippen LogP contribution in [0.1, 0.15) is 71.2 Å². The number of pyridine rings is 1. The maximum atomic E-state index is 13.1. The predicted molar refractivity (Wildman–Crippen MR) is 132 cm³/mol. The van der Waals surface area contributed by atoms with Crippen molar-refractivity contribution in [2.75, 3.05) is 31.7 Å². The SMILES string of the molecule is O=C1Nc2cn(C3CCOCC3)nc2C(=O)CCCCOCCCc2cc(ccn2)-c2nc1cs2. The van der Waals surface area contributed by atoms with Gasteiger partial charge in [0.2, 0.25) is 0 Å². The first-order chi connectivity index (χ1) is 17.2. The van der Waals surface area contributed by atoms with Crippen LogP contribution in [0.3, 0.4) is 0 Å². The maximum absolute atomic E-state index is 13.1. The zero-order valence-corrected chi connectivity index (χ0v) is 20.4. The van der Waals surface area contributed by atoms with Crippen LogP contribution >= 0.6 is 11.3 Å². The van der Waals surface area contributed by atoms with Crippen molar-refractivity contribution in [2.24, 2.45) is 0 Å². The lowest BCUT2D eigenvalue weighted by Crippen LogP contribution is -2.20. The van der Waals surface area contributed by atoms with E-state index >= 15 is 0 Å². The summed E-state index contributed by atoms with van der Waals surface area (Å²) in [6.45, 7) is 2.59. The number of amides is 1. The van der Waals surface area contributed by atoms with Crippen molar-refractivity contribution >= 4 is 28.7 Å². The lowest BCUT2D eigenvalue weighted by molar-refractivity contribution is 0.0660. The Balaban J connectivity index is 1.43. The number of rotatable bonds is 1. The quantitative estimate of drug-likeness (QED) is 0.535. The summed E-state index contributed by atoms with van der Waals surface area (Å²) in [7, 11) is 0. The minimum absolute atomic E-state index is 0.0786. The number of anilines is 1. The molecule has 5 rings (SSSR count). The lowest BCUT2D eigenvalue weighted by atomic mass is 10.1. The number of fused-ring (bicyclic) bond motifs is 6. The minimum Gasteiger partial charge on any atom is -0.381 e. The molecule has 3 aromatic heterocycles. The summed E-state index contributed by atoms with van der Waals surface area (Å²) in [5.74, 6) is -0.432. The third kappa shape index (κ3) is 5.83. The molecule has 9 nitrogen and oxygen atoms in total. The van der Waals surface area contributed by atoms with Crippen molar-refractivity contribution in [2.45, 2.75) is 51.0 Å². The highest BCUT2D eigenvalue weighted by molar-refractivity contribution is 7.13. The number of ketones is 1. The number of thiazole rings is 1. The van der Waals surface area contributed by atoms with E-state index in [1.165, 1.54) is 11.3 Å². The Bertz CT molecular complexity index is 1180. The van der Waals surface area contributed by atoms with E-state index in [-0.39, 0.29) is 17.7 Å². The van der Waals surface area contributed by atoms with Gasteiger partial charge in [0.25, 0.3) is 5.91 Å². The summed E-state index contributed by atoms with van der Waals surface area (Å²) in [5, 5.41) is 10.00. The molecule has 0 aromatic carbocycles. The highest BCUT2D eigenvalue weighted by Crippen LogP contribution is 2.27. The molecule has 1 N–H and O–H groups in total. The molecule has 2 aliphatic rings. The Morgan fingerprint density at radius 3 is 2.74 bits per heavy atom. The molecule has 0 saturated carbocycles. The van der Waals surface area contributed by atoms with Crippen LogP contribution in [0.2, 0.25) is 0 Å². The molecule has 10 heteroatoms. The Morgan fingerprint density at radius 2 is 1.86 bits per heavy atom. The number of aryl methyl sites for hydroxylation is 1. The third-order valence-corrected chi connectivity index (χ3v) is 7.17. The van der Waals surface area contributed by atoms with Crippen LogP contribution in [0.15, 0.2) is 29.9 Å². The van der Waals surface area contributed by atoms with Crippen molar-refractivity contribution in [1.82, 2.24) is 19.7 Å². The van der Waals surface area contributed by atoms with E-state index in [0.717, 1.165) is 48.4 Å². The molecular formula is C25H29N5O4S. The Morgan fingerprint density at radius 1 is 1.03 bits per heavy atom. The summed E-state index contributed by atoms with van der Waals surface area (Å²) in [6, 6.07) is 4.06. The van der Waals surface area contributed by atoms with Gasteiger partial charge in [-0.25, -0.2) is 4.98 Å². The molecule has 184 valence electrons. The average Bonchev–Trinajstić information content (AvgIpc) is 3.54. The van der Waals surface area contributed by atoms with Gasteiger partial charge < -0.3 is 14.8 Å². The summed E-state index contributed by atoms with van der Waals surface area (Å²) < 4.78 is 13.0. The monoisotopic (exact) mass is 495 g/mol. The molecular weight excluding hydrogens is 466 g/mol. The second-order valence-electron chi connectivity index (χ2n) is 8.84. The molecule has 1 fully saturated rings. The number of hydrogen-bond donors (Lipinski definition) is 1. The Labute approximate surface area is 207 Å². The topological polar surface area (TPSA) is 108 Å². The number of carbonyl (C=O) groups is 2. The smallest absolute Gasteiger partial charge is 0.275 e. The number of ether oxygens (including phenoxy) is 2. The Hall–Kier alpha value is -2.95. The number of Topliss-reactive ketones (excluding diaryl/α,β-unsaturated/α-hetero) is 1. The molecule has 1 saturated heterocycles. The van der Waals surface area contributed by atoms with Gasteiger partial charge in [0.05, 0.1) is 11.7 Å². The fourth-order valence-electron chi connectivity index (χ4n) is 4.34. The van der Waals surface area contributed by atoms with Gasteiger partial charge in [0.15, 0.2) is 11.5 Å². The molecule has 0 unspecified atom stereocenters. The first-order valence-corrected chi connectivity index (χ1v) is 13.1. The Kier molecular flexibility index (Phi) is 7.60. The number of hydrogen-bond acceptors (Lipinski definition) is 8. The predicted octanol–water partition coefficient (Wildman–Crippen LogP) is 4.32. The largest absolute Gasteiger partial charge is 0.381 e. The van der Waals surface area contributed by atoms with Gasteiger partial charge >= 0.3 is 0 Å². The highest BCUT2D eigenvalue weighted by Gasteiger charge is 2.24. The molecule has 0 aliphatic carbocycles. The average molecular weight is 496 g/mol. The van der Waals surface area contributed by atoms with E-state index in [1.54, 1.807) is 17.8 Å². The maximum Gasteiger partial charge on any atom is 0.275 e. The van der Waals surface area contributed by atoms with Gasteiger partial charge in [0, 0.05) is 61.9 Å². The number of aromatic nitrogens is 4. The highest BCUT2D eigenvalue weighted by atomic mass is 32.1. The first kappa shape index (κ1) is 23.8. The van der Waals surface area contributed by atoms with Crippen molar-refractivity contribution < 1.29 is 19.1 Å². The van der Waals surface area contributed by atoms with E-state index in [9.17, 15) is 9.59 Å². The molecule has 0 radical (unpaired) electrons. The van der Waals surface area contributed by atoms with Crippen molar-refractivity contribution in [3.63, 3.8) is 0 Å². The number of nitrogens with one attached hydrogen (secondary N) is 1. The van der Waals surface area contributed by atoms with Crippen LogP contribution in [0, 0.1) is 0 Å².